The van der Waals surface area contributed by atoms with Crippen molar-refractivity contribution in [2.45, 2.75) is 327 Å². The lowest BCUT2D eigenvalue weighted by atomic mass is 9.98. The molecular weight excluding hydrogens is 973 g/mol. The SMILES string of the molecule is CCCCC/C=C\C/C=C\CCCCCCCC(=O)OC1C(OCC(COC(=O)CCCCCCCCC/C=C\CCCCCCCC)OC(=O)CCCCCCC/C=C\CCCCCCCC)OC(C(=O)O)C(O)C1O. The number of aliphatic carboxylic acids is 1. The number of unbranched alkanes of at least 4 members (excludes halogenated alkanes) is 32. The Labute approximate surface area is 469 Å². The number of carboxylic acid groups (broad SMARTS) is 1. The lowest BCUT2D eigenvalue weighted by Crippen LogP contribution is -2.61. The molecule has 1 aliphatic heterocycles. The van der Waals surface area contributed by atoms with Crippen LogP contribution in [0.2, 0.25) is 0 Å². The molecule has 3 N–H and O–H groups in total. The molecule has 446 valence electrons. The minimum Gasteiger partial charge on any atom is -0.479 e. The smallest absolute Gasteiger partial charge is 0.335 e. The largest absolute Gasteiger partial charge is 0.479 e. The molecule has 0 bridgehead atoms. The van der Waals surface area contributed by atoms with Crippen LogP contribution < -0.4 is 0 Å². The Hall–Kier alpha value is -3.32. The number of rotatable bonds is 54. The van der Waals surface area contributed by atoms with Crippen molar-refractivity contribution in [3.05, 3.63) is 48.6 Å². The molecule has 12 nitrogen and oxygen atoms in total. The van der Waals surface area contributed by atoms with E-state index in [1.165, 1.54) is 122 Å². The molecule has 1 saturated heterocycles. The van der Waals surface area contributed by atoms with Crippen LogP contribution in [-0.4, -0.2) is 89.2 Å². The molecular formula is C65H114O12. The Kier molecular flexibility index (Phi) is 49.7. The molecule has 0 saturated carbocycles. The van der Waals surface area contributed by atoms with Crippen molar-refractivity contribution in [3.8, 4) is 0 Å². The number of allylic oxidation sites excluding steroid dienone is 8. The zero-order chi connectivity index (χ0) is 56.1. The van der Waals surface area contributed by atoms with Gasteiger partial charge in [0.2, 0.25) is 0 Å². The van der Waals surface area contributed by atoms with E-state index < -0.39 is 67.3 Å². The van der Waals surface area contributed by atoms with Crippen LogP contribution in [0.4, 0.5) is 0 Å². The number of carboxylic acids is 1. The molecule has 0 spiro atoms. The van der Waals surface area contributed by atoms with Gasteiger partial charge in [-0.25, -0.2) is 4.79 Å². The molecule has 1 heterocycles. The van der Waals surface area contributed by atoms with Crippen molar-refractivity contribution >= 4 is 23.9 Å². The maximum absolute atomic E-state index is 13.2. The monoisotopic (exact) mass is 1090 g/mol. The minimum atomic E-state index is -1.91. The topological polar surface area (TPSA) is 175 Å². The minimum absolute atomic E-state index is 0.0443. The Morgan fingerprint density at radius 3 is 1.21 bits per heavy atom. The maximum atomic E-state index is 13.2. The van der Waals surface area contributed by atoms with E-state index in [-0.39, 0.29) is 25.9 Å². The van der Waals surface area contributed by atoms with Gasteiger partial charge in [-0.05, 0) is 103 Å². The number of aliphatic hydroxyl groups excluding tert-OH is 2. The summed E-state index contributed by atoms with van der Waals surface area (Å²) in [6.07, 6.45) is 52.1. The normalized spacial score (nSPS) is 18.3. The van der Waals surface area contributed by atoms with Crippen molar-refractivity contribution < 1.29 is 58.2 Å². The van der Waals surface area contributed by atoms with Gasteiger partial charge in [-0.3, -0.25) is 14.4 Å². The van der Waals surface area contributed by atoms with E-state index in [1.807, 2.05) is 0 Å². The summed E-state index contributed by atoms with van der Waals surface area (Å²) in [7, 11) is 0. The summed E-state index contributed by atoms with van der Waals surface area (Å²) in [6, 6.07) is 0. The van der Waals surface area contributed by atoms with Crippen LogP contribution in [0.1, 0.15) is 290 Å². The molecule has 12 heteroatoms. The second-order valence-electron chi connectivity index (χ2n) is 21.7. The molecule has 1 aliphatic rings. The molecule has 0 aromatic rings. The third-order valence-corrected chi connectivity index (χ3v) is 14.3. The van der Waals surface area contributed by atoms with Gasteiger partial charge < -0.3 is 39.0 Å². The molecule has 1 rings (SSSR count). The second kappa shape index (κ2) is 53.3. The summed E-state index contributed by atoms with van der Waals surface area (Å²) in [5.74, 6) is -3.13. The first kappa shape index (κ1) is 71.7. The third kappa shape index (κ3) is 43.2. The highest BCUT2D eigenvalue weighted by atomic mass is 16.7. The fraction of sp³-hybridized carbons (Fsp3) is 0.815. The molecule has 0 amide bonds. The first-order valence-corrected chi connectivity index (χ1v) is 31.6. The molecule has 0 aliphatic carbocycles. The number of esters is 3. The molecule has 0 aromatic heterocycles. The van der Waals surface area contributed by atoms with Crippen LogP contribution in [0, 0.1) is 0 Å². The van der Waals surface area contributed by atoms with Gasteiger partial charge in [-0.15, -0.1) is 0 Å². The molecule has 0 radical (unpaired) electrons. The zero-order valence-corrected chi connectivity index (χ0v) is 49.2. The standard InChI is InChI=1S/C65H114O12/c1-4-7-10-13-16-19-22-25-28-29-32-33-36-39-42-45-48-51-57(66)73-54-56(75-58(67)52-49-46-43-40-37-34-30-26-23-20-17-14-11-8-5-2)55-74-65-63(61(70)60(69)62(77-65)64(71)72)76-59(68)53-50-47-44-41-38-35-31-27-24-21-18-15-12-9-6-3/h18,21,25-28,30-31,56,60-63,65,69-70H,4-17,19-20,22-24,29,32-55H2,1-3H3,(H,71,72)/b21-18-,28-25-,30-26-,31-27-. The Morgan fingerprint density at radius 2 is 0.779 bits per heavy atom. The summed E-state index contributed by atoms with van der Waals surface area (Å²) < 4.78 is 28.5. The second-order valence-corrected chi connectivity index (χ2v) is 21.7. The van der Waals surface area contributed by atoms with E-state index in [1.54, 1.807) is 0 Å². The summed E-state index contributed by atoms with van der Waals surface area (Å²) in [5.41, 5.74) is 0. The van der Waals surface area contributed by atoms with Crippen LogP contribution in [0.5, 0.6) is 0 Å². The first-order valence-electron chi connectivity index (χ1n) is 31.6. The molecule has 0 aromatic carbocycles. The van der Waals surface area contributed by atoms with Gasteiger partial charge in [0.1, 0.15) is 18.8 Å². The van der Waals surface area contributed by atoms with E-state index in [9.17, 15) is 34.5 Å². The highest BCUT2D eigenvalue weighted by Gasteiger charge is 2.50. The van der Waals surface area contributed by atoms with Crippen molar-refractivity contribution in [2.75, 3.05) is 13.2 Å². The van der Waals surface area contributed by atoms with Crippen molar-refractivity contribution in [1.29, 1.82) is 0 Å². The fourth-order valence-electron chi connectivity index (χ4n) is 9.45. The number of aliphatic hydroxyl groups is 2. The Balaban J connectivity index is 2.68. The Bertz CT molecular complexity index is 1520. The molecule has 6 atom stereocenters. The summed E-state index contributed by atoms with van der Waals surface area (Å²) >= 11 is 0. The van der Waals surface area contributed by atoms with Gasteiger partial charge in [0.05, 0.1) is 6.61 Å². The van der Waals surface area contributed by atoms with E-state index in [4.69, 9.17) is 23.7 Å². The van der Waals surface area contributed by atoms with Crippen LogP contribution in [0.25, 0.3) is 0 Å². The van der Waals surface area contributed by atoms with Crippen LogP contribution in [0.15, 0.2) is 48.6 Å². The number of hydrogen-bond donors (Lipinski definition) is 3. The van der Waals surface area contributed by atoms with Crippen LogP contribution in [-0.2, 0) is 42.9 Å². The average molecular weight is 1090 g/mol. The first-order chi connectivity index (χ1) is 37.6. The van der Waals surface area contributed by atoms with E-state index in [0.29, 0.717) is 19.3 Å². The van der Waals surface area contributed by atoms with E-state index in [0.717, 1.165) is 109 Å². The summed E-state index contributed by atoms with van der Waals surface area (Å²) in [6.45, 7) is 5.97. The average Bonchev–Trinajstić information content (AvgIpc) is 3.43. The van der Waals surface area contributed by atoms with Crippen molar-refractivity contribution in [1.82, 2.24) is 0 Å². The van der Waals surface area contributed by atoms with Crippen molar-refractivity contribution in [3.63, 3.8) is 0 Å². The van der Waals surface area contributed by atoms with Crippen LogP contribution >= 0.6 is 0 Å². The van der Waals surface area contributed by atoms with E-state index in [2.05, 4.69) is 69.4 Å². The molecule has 6 unspecified atom stereocenters. The molecule has 1 fully saturated rings. The Morgan fingerprint density at radius 1 is 0.429 bits per heavy atom. The van der Waals surface area contributed by atoms with Gasteiger partial charge in [-0.2, -0.15) is 0 Å². The number of ether oxygens (including phenoxy) is 5. The van der Waals surface area contributed by atoms with E-state index >= 15 is 0 Å². The maximum Gasteiger partial charge on any atom is 0.335 e. The lowest BCUT2D eigenvalue weighted by molar-refractivity contribution is -0.301. The lowest BCUT2D eigenvalue weighted by Gasteiger charge is -2.40. The van der Waals surface area contributed by atoms with Gasteiger partial charge in [0, 0.05) is 19.3 Å². The summed E-state index contributed by atoms with van der Waals surface area (Å²) in [5, 5.41) is 31.5. The van der Waals surface area contributed by atoms with Gasteiger partial charge >= 0.3 is 23.9 Å². The van der Waals surface area contributed by atoms with Crippen molar-refractivity contribution in [2.24, 2.45) is 0 Å². The van der Waals surface area contributed by atoms with Gasteiger partial charge in [0.25, 0.3) is 0 Å². The number of hydrogen-bond acceptors (Lipinski definition) is 11. The summed E-state index contributed by atoms with van der Waals surface area (Å²) in [4.78, 5) is 51.2. The highest BCUT2D eigenvalue weighted by Crippen LogP contribution is 2.26. The highest BCUT2D eigenvalue weighted by molar-refractivity contribution is 5.74. The quantitative estimate of drug-likeness (QED) is 0.0228. The number of carbonyl (C=O) groups excluding carboxylic acids is 3. The van der Waals surface area contributed by atoms with Crippen LogP contribution in [0.3, 0.4) is 0 Å². The molecule has 77 heavy (non-hydrogen) atoms. The van der Waals surface area contributed by atoms with Gasteiger partial charge in [-0.1, -0.05) is 217 Å². The third-order valence-electron chi connectivity index (χ3n) is 14.3. The number of carbonyl (C=O) groups is 4. The fourth-order valence-corrected chi connectivity index (χ4v) is 9.45. The predicted molar refractivity (Wildman–Crippen MR) is 312 cm³/mol. The van der Waals surface area contributed by atoms with Gasteiger partial charge in [0.15, 0.2) is 24.6 Å². The zero-order valence-electron chi connectivity index (χ0n) is 49.2. The predicted octanol–water partition coefficient (Wildman–Crippen LogP) is 16.6.